The van der Waals surface area contributed by atoms with Crippen molar-refractivity contribution < 1.29 is 19.1 Å². The summed E-state index contributed by atoms with van der Waals surface area (Å²) < 4.78 is 11.0. The minimum atomic E-state index is -1.27. The van der Waals surface area contributed by atoms with Crippen LogP contribution in [0, 0.1) is 12.3 Å². The maximum atomic E-state index is 12.9. The van der Waals surface area contributed by atoms with Crippen LogP contribution in [-0.2, 0) is 14.3 Å². The van der Waals surface area contributed by atoms with Crippen molar-refractivity contribution in [1.82, 2.24) is 0 Å². The van der Waals surface area contributed by atoms with Crippen LogP contribution in [0.25, 0.3) is 0 Å². The summed E-state index contributed by atoms with van der Waals surface area (Å²) in [5, 5.41) is 0.573. The lowest BCUT2D eigenvalue weighted by molar-refractivity contribution is -0.168. The quantitative estimate of drug-likeness (QED) is 0.158. The molecule has 0 aliphatic rings. The van der Waals surface area contributed by atoms with E-state index in [1.54, 1.807) is 18.2 Å². The second-order valence-corrected chi connectivity index (χ2v) is 7.78. The molecule has 1 aromatic rings. The van der Waals surface area contributed by atoms with Crippen molar-refractivity contribution in [3.63, 3.8) is 0 Å². The second-order valence-electron chi connectivity index (χ2n) is 7.35. The van der Waals surface area contributed by atoms with Crippen molar-refractivity contribution in [1.29, 1.82) is 0 Å². The van der Waals surface area contributed by atoms with Gasteiger partial charge in [-0.15, -0.1) is 0 Å². The zero-order chi connectivity index (χ0) is 21.0. The van der Waals surface area contributed by atoms with Gasteiger partial charge in [0, 0.05) is 5.02 Å². The lowest BCUT2D eigenvalue weighted by Crippen LogP contribution is -2.42. The molecule has 0 spiro atoms. The molecule has 0 N–H and O–H groups in total. The number of aryl methyl sites for hydroxylation is 1. The van der Waals surface area contributed by atoms with Crippen LogP contribution >= 0.6 is 11.6 Å². The molecular weight excluding hydrogens is 376 g/mol. The normalized spacial score (nSPS) is 11.3. The highest BCUT2D eigenvalue weighted by Crippen LogP contribution is 2.32. The number of carbonyl (C=O) groups excluding carboxylic acids is 2. The molecular formula is C23H35ClO4. The maximum Gasteiger partial charge on any atom is 0.328 e. The molecule has 28 heavy (non-hydrogen) atoms. The van der Waals surface area contributed by atoms with Crippen molar-refractivity contribution in [2.45, 2.75) is 85.5 Å². The Balaban J connectivity index is 2.60. The van der Waals surface area contributed by atoms with Crippen LogP contribution in [0.1, 0.15) is 84.1 Å². The zero-order valence-corrected chi connectivity index (χ0v) is 18.6. The van der Waals surface area contributed by atoms with Crippen molar-refractivity contribution in [3.8, 4) is 5.75 Å². The lowest BCUT2D eigenvalue weighted by atomic mass is 9.82. The van der Waals surface area contributed by atoms with Crippen molar-refractivity contribution in [2.24, 2.45) is 5.41 Å². The fourth-order valence-corrected chi connectivity index (χ4v) is 3.42. The highest BCUT2D eigenvalue weighted by atomic mass is 35.5. The molecule has 0 radical (unpaired) electrons. The number of esters is 2. The Labute approximate surface area is 174 Å². The molecule has 0 aliphatic heterocycles. The summed E-state index contributed by atoms with van der Waals surface area (Å²) in [6, 6.07) is 5.04. The molecule has 0 saturated carbocycles. The van der Waals surface area contributed by atoms with E-state index in [0.29, 0.717) is 30.2 Å². The van der Waals surface area contributed by atoms with Crippen LogP contribution in [0.2, 0.25) is 5.02 Å². The molecule has 158 valence electrons. The Kier molecular flexibility index (Phi) is 11.2. The van der Waals surface area contributed by atoms with E-state index in [2.05, 4.69) is 6.92 Å². The van der Waals surface area contributed by atoms with Gasteiger partial charge in [0.15, 0.2) is 5.41 Å². The van der Waals surface area contributed by atoms with Crippen LogP contribution in [0.5, 0.6) is 5.75 Å². The van der Waals surface area contributed by atoms with Gasteiger partial charge in [0.05, 0.1) is 6.61 Å². The Bertz CT molecular complexity index is 623. The van der Waals surface area contributed by atoms with Crippen LogP contribution < -0.4 is 4.74 Å². The lowest BCUT2D eigenvalue weighted by Gasteiger charge is -2.27. The minimum absolute atomic E-state index is 0.338. The van der Waals surface area contributed by atoms with Gasteiger partial charge in [-0.2, -0.15) is 0 Å². The third kappa shape index (κ3) is 7.12. The summed E-state index contributed by atoms with van der Waals surface area (Å²) in [5.74, 6) is -0.631. The Hall–Kier alpha value is -1.55. The average Bonchev–Trinajstić information content (AvgIpc) is 2.67. The first-order valence-electron chi connectivity index (χ1n) is 10.6. The molecule has 0 aliphatic carbocycles. The monoisotopic (exact) mass is 410 g/mol. The van der Waals surface area contributed by atoms with E-state index in [1.165, 1.54) is 25.7 Å². The summed E-state index contributed by atoms with van der Waals surface area (Å²) in [6.07, 6.45) is 8.70. The van der Waals surface area contributed by atoms with Crippen LogP contribution in [0.15, 0.2) is 18.2 Å². The molecule has 0 bridgehead atoms. The van der Waals surface area contributed by atoms with Gasteiger partial charge in [0.25, 0.3) is 0 Å². The van der Waals surface area contributed by atoms with Gasteiger partial charge in [-0.25, -0.2) is 0 Å². The van der Waals surface area contributed by atoms with E-state index in [0.717, 1.165) is 24.8 Å². The summed E-state index contributed by atoms with van der Waals surface area (Å²) in [4.78, 5) is 25.6. The molecule has 0 amide bonds. The molecule has 0 unspecified atom stereocenters. The summed E-state index contributed by atoms with van der Waals surface area (Å²) >= 11 is 5.95. The minimum Gasteiger partial charge on any atom is -0.465 e. The SMILES string of the molecule is CCCCCCCCCOC(=O)C(CC)(CC)C(=O)Oc1ccc(Cl)cc1C. The molecule has 4 nitrogen and oxygen atoms in total. The molecule has 0 aromatic heterocycles. The van der Waals surface area contributed by atoms with Crippen LogP contribution in [0.4, 0.5) is 0 Å². The first-order valence-corrected chi connectivity index (χ1v) is 10.9. The summed E-state index contributed by atoms with van der Waals surface area (Å²) in [6.45, 7) is 7.99. The first-order chi connectivity index (χ1) is 13.4. The number of halogens is 1. The first kappa shape index (κ1) is 24.5. The van der Waals surface area contributed by atoms with E-state index in [4.69, 9.17) is 21.1 Å². The van der Waals surface area contributed by atoms with Crippen LogP contribution in [0.3, 0.4) is 0 Å². The van der Waals surface area contributed by atoms with E-state index < -0.39 is 17.4 Å². The van der Waals surface area contributed by atoms with Crippen LogP contribution in [-0.4, -0.2) is 18.5 Å². The highest BCUT2D eigenvalue weighted by molar-refractivity contribution is 6.30. The smallest absolute Gasteiger partial charge is 0.328 e. The molecule has 0 saturated heterocycles. The summed E-state index contributed by atoms with van der Waals surface area (Å²) in [5.41, 5.74) is -0.522. The van der Waals surface area contributed by atoms with Crippen molar-refractivity contribution >= 4 is 23.5 Å². The predicted molar refractivity (Wildman–Crippen MR) is 114 cm³/mol. The number of ether oxygens (including phenoxy) is 2. The van der Waals surface area contributed by atoms with Gasteiger partial charge >= 0.3 is 11.9 Å². The number of benzene rings is 1. The zero-order valence-electron chi connectivity index (χ0n) is 17.8. The Morgan fingerprint density at radius 2 is 1.54 bits per heavy atom. The molecule has 1 aromatic carbocycles. The number of hydrogen-bond donors (Lipinski definition) is 0. The molecule has 0 atom stereocenters. The second kappa shape index (κ2) is 12.8. The van der Waals surface area contributed by atoms with Crippen molar-refractivity contribution in [3.05, 3.63) is 28.8 Å². The predicted octanol–water partition coefficient (Wildman–Crippen LogP) is 6.65. The molecule has 1 rings (SSSR count). The number of hydrogen-bond acceptors (Lipinski definition) is 4. The third-order valence-electron chi connectivity index (χ3n) is 5.31. The molecule has 0 fully saturated rings. The summed E-state index contributed by atoms with van der Waals surface area (Å²) in [7, 11) is 0. The number of unbranched alkanes of at least 4 members (excludes halogenated alkanes) is 6. The number of rotatable bonds is 13. The fourth-order valence-electron chi connectivity index (χ4n) is 3.20. The fraction of sp³-hybridized carbons (Fsp3) is 0.652. The van der Waals surface area contributed by atoms with Gasteiger partial charge in [0.1, 0.15) is 5.75 Å². The van der Waals surface area contributed by atoms with Crippen molar-refractivity contribution in [2.75, 3.05) is 6.61 Å². The van der Waals surface area contributed by atoms with E-state index in [1.807, 2.05) is 20.8 Å². The van der Waals surface area contributed by atoms with E-state index >= 15 is 0 Å². The molecule has 0 heterocycles. The number of carbonyl (C=O) groups is 2. The van der Waals surface area contributed by atoms with Gasteiger partial charge in [-0.1, -0.05) is 70.9 Å². The van der Waals surface area contributed by atoms with E-state index in [9.17, 15) is 9.59 Å². The van der Waals surface area contributed by atoms with Gasteiger partial charge in [-0.05, 0) is 49.9 Å². The Morgan fingerprint density at radius 3 is 2.11 bits per heavy atom. The third-order valence-corrected chi connectivity index (χ3v) is 5.54. The highest BCUT2D eigenvalue weighted by Gasteiger charge is 2.46. The Morgan fingerprint density at radius 1 is 0.929 bits per heavy atom. The van der Waals surface area contributed by atoms with Gasteiger partial charge in [-0.3, -0.25) is 9.59 Å². The standard InChI is InChI=1S/C23H35ClO4/c1-5-8-9-10-11-12-13-16-27-21(25)23(6-2,7-3)22(26)28-20-15-14-19(24)17-18(20)4/h14-15,17H,5-13,16H2,1-4H3. The largest absolute Gasteiger partial charge is 0.465 e. The average molecular weight is 411 g/mol. The topological polar surface area (TPSA) is 52.6 Å². The van der Waals surface area contributed by atoms with Gasteiger partial charge < -0.3 is 9.47 Å². The maximum absolute atomic E-state index is 12.9. The molecule has 5 heteroatoms. The van der Waals surface area contributed by atoms with E-state index in [-0.39, 0.29) is 0 Å². The van der Waals surface area contributed by atoms with Gasteiger partial charge in [0.2, 0.25) is 0 Å².